The smallest absolute Gasteiger partial charge is 0.326 e. The molecule has 0 aromatic carbocycles. The molecule has 28 heavy (non-hydrogen) atoms. The van der Waals surface area contributed by atoms with Crippen LogP contribution in [0.2, 0.25) is 0 Å². The maximum atomic E-state index is 11.8. The van der Waals surface area contributed by atoms with E-state index < -0.39 is 60.8 Å². The molecule has 0 saturated carbocycles. The van der Waals surface area contributed by atoms with Crippen LogP contribution < -0.4 is 32.7 Å². The fraction of sp³-hybridized carbons (Fsp3) is 0.688. The Morgan fingerprint density at radius 2 is 1.50 bits per heavy atom. The molecule has 0 bridgehead atoms. The zero-order valence-corrected chi connectivity index (χ0v) is 16.1. The lowest BCUT2D eigenvalue weighted by Gasteiger charge is -2.16. The number of carboxylic acid groups (broad SMARTS) is 1. The van der Waals surface area contributed by atoms with Crippen LogP contribution in [0.5, 0.6) is 0 Å². The van der Waals surface area contributed by atoms with Gasteiger partial charge in [0, 0.05) is 0 Å². The summed E-state index contributed by atoms with van der Waals surface area (Å²) in [6.07, 6.45) is 1.41. The number of aliphatic carboxylic acids is 1. The number of carboxylic acids is 1. The molecule has 3 atom stereocenters. The van der Waals surface area contributed by atoms with E-state index in [2.05, 4.69) is 21.3 Å². The molecule has 0 rings (SSSR count). The van der Waals surface area contributed by atoms with Crippen molar-refractivity contribution in [3.63, 3.8) is 0 Å². The Kier molecular flexibility index (Phi) is 12.1. The Labute approximate surface area is 163 Å². The van der Waals surface area contributed by atoms with Crippen molar-refractivity contribution < 1.29 is 29.1 Å². The summed E-state index contributed by atoms with van der Waals surface area (Å²) in [5.41, 5.74) is 10.7. The van der Waals surface area contributed by atoms with Crippen molar-refractivity contribution in [2.75, 3.05) is 19.6 Å². The summed E-state index contributed by atoms with van der Waals surface area (Å²) >= 11 is 0. The van der Waals surface area contributed by atoms with E-state index in [1.54, 1.807) is 0 Å². The molecule has 4 amide bonds. The van der Waals surface area contributed by atoms with Crippen molar-refractivity contribution in [1.29, 1.82) is 0 Å². The molecular weight excluding hydrogens is 372 g/mol. The number of nitrogens with two attached hydrogens (primary N) is 2. The first kappa shape index (κ1) is 25.3. The first-order valence-corrected chi connectivity index (χ1v) is 8.91. The number of hydrogen-bond acceptors (Lipinski definition) is 7. The number of unbranched alkanes of at least 4 members (excludes halogenated alkanes) is 1. The van der Waals surface area contributed by atoms with E-state index in [9.17, 15) is 24.0 Å². The number of rotatable bonds is 13. The second kappa shape index (κ2) is 13.4. The van der Waals surface area contributed by atoms with Gasteiger partial charge in [-0.2, -0.15) is 0 Å². The van der Waals surface area contributed by atoms with Crippen molar-refractivity contribution >= 4 is 29.6 Å². The summed E-state index contributed by atoms with van der Waals surface area (Å²) in [5.74, 6) is -3.60. The fourth-order valence-corrected chi connectivity index (χ4v) is 1.97. The average molecular weight is 402 g/mol. The lowest BCUT2D eigenvalue weighted by Crippen LogP contribution is -2.51. The monoisotopic (exact) mass is 402 g/mol. The maximum absolute atomic E-state index is 11.8. The molecule has 9 N–H and O–H groups in total. The minimum atomic E-state index is -1.17. The molecule has 0 radical (unpaired) electrons. The van der Waals surface area contributed by atoms with E-state index >= 15 is 0 Å². The molecule has 160 valence electrons. The standard InChI is InChI=1S/C16H30N6O6/c1-9(18)14(25)21-10(2)15(26)20-7-12(23)19-8-13(24)22-11(16(27)28)5-3-4-6-17/h9-11H,3-8,17-18H2,1-2H3,(H,19,23)(H,20,26)(H,21,25)(H,22,24)(H,27,28). The summed E-state index contributed by atoms with van der Waals surface area (Å²) in [6, 6.07) is -2.73. The molecule has 3 unspecified atom stereocenters. The first-order chi connectivity index (χ1) is 13.1. The molecule has 0 saturated heterocycles. The van der Waals surface area contributed by atoms with Gasteiger partial charge < -0.3 is 37.8 Å². The minimum absolute atomic E-state index is 0.229. The molecule has 0 aliphatic heterocycles. The zero-order chi connectivity index (χ0) is 21.7. The van der Waals surface area contributed by atoms with Crippen molar-refractivity contribution in [2.24, 2.45) is 11.5 Å². The van der Waals surface area contributed by atoms with Gasteiger partial charge in [0.1, 0.15) is 12.1 Å². The van der Waals surface area contributed by atoms with Gasteiger partial charge in [0.15, 0.2) is 0 Å². The largest absolute Gasteiger partial charge is 0.480 e. The molecule has 12 heteroatoms. The second-order valence-electron chi connectivity index (χ2n) is 6.26. The SMILES string of the molecule is CC(N)C(=O)NC(C)C(=O)NCC(=O)NCC(=O)NC(CCCCN)C(=O)O. The highest BCUT2D eigenvalue weighted by Crippen LogP contribution is 2.00. The Morgan fingerprint density at radius 1 is 0.893 bits per heavy atom. The van der Waals surface area contributed by atoms with Crippen molar-refractivity contribution in [3.8, 4) is 0 Å². The Hall–Kier alpha value is -2.73. The summed E-state index contributed by atoms with van der Waals surface area (Å²) in [6.45, 7) is 2.47. The number of amides is 4. The van der Waals surface area contributed by atoms with Crippen LogP contribution in [0.3, 0.4) is 0 Å². The minimum Gasteiger partial charge on any atom is -0.480 e. The van der Waals surface area contributed by atoms with Gasteiger partial charge in [0.2, 0.25) is 23.6 Å². The highest BCUT2D eigenvalue weighted by Gasteiger charge is 2.20. The molecule has 0 heterocycles. The van der Waals surface area contributed by atoms with Gasteiger partial charge in [-0.05, 0) is 39.7 Å². The Morgan fingerprint density at radius 3 is 2.04 bits per heavy atom. The molecule has 0 aliphatic rings. The highest BCUT2D eigenvalue weighted by atomic mass is 16.4. The van der Waals surface area contributed by atoms with Crippen molar-refractivity contribution in [1.82, 2.24) is 21.3 Å². The van der Waals surface area contributed by atoms with Gasteiger partial charge in [0.05, 0.1) is 19.1 Å². The van der Waals surface area contributed by atoms with Crippen LogP contribution in [0, 0.1) is 0 Å². The third-order valence-corrected chi connectivity index (χ3v) is 3.62. The third-order valence-electron chi connectivity index (χ3n) is 3.62. The highest BCUT2D eigenvalue weighted by molar-refractivity contribution is 5.92. The summed E-state index contributed by atoms with van der Waals surface area (Å²) in [4.78, 5) is 57.8. The van der Waals surface area contributed by atoms with Gasteiger partial charge in [-0.1, -0.05) is 0 Å². The number of nitrogens with one attached hydrogen (secondary N) is 4. The second-order valence-corrected chi connectivity index (χ2v) is 6.26. The predicted molar refractivity (Wildman–Crippen MR) is 99.7 cm³/mol. The van der Waals surface area contributed by atoms with Gasteiger partial charge >= 0.3 is 5.97 Å². The molecule has 0 aromatic rings. The van der Waals surface area contributed by atoms with E-state index in [0.717, 1.165) is 0 Å². The lowest BCUT2D eigenvalue weighted by atomic mass is 10.1. The van der Waals surface area contributed by atoms with Gasteiger partial charge in [-0.3, -0.25) is 19.2 Å². The number of hydrogen-bond donors (Lipinski definition) is 7. The topological polar surface area (TPSA) is 206 Å². The van der Waals surface area contributed by atoms with E-state index in [0.29, 0.717) is 19.4 Å². The molecule has 0 fully saturated rings. The molecule has 0 aromatic heterocycles. The van der Waals surface area contributed by atoms with E-state index in [1.807, 2.05) is 0 Å². The summed E-state index contributed by atoms with van der Waals surface area (Å²) in [7, 11) is 0. The summed E-state index contributed by atoms with van der Waals surface area (Å²) < 4.78 is 0. The van der Waals surface area contributed by atoms with Crippen molar-refractivity contribution in [3.05, 3.63) is 0 Å². The number of carbonyl (C=O) groups is 5. The first-order valence-electron chi connectivity index (χ1n) is 8.91. The van der Waals surface area contributed by atoms with E-state index in [4.69, 9.17) is 16.6 Å². The van der Waals surface area contributed by atoms with Crippen LogP contribution in [0.1, 0.15) is 33.1 Å². The molecule has 0 aliphatic carbocycles. The quantitative estimate of drug-likeness (QED) is 0.155. The van der Waals surface area contributed by atoms with Gasteiger partial charge in [-0.15, -0.1) is 0 Å². The Bertz CT molecular complexity index is 568. The molecular formula is C16H30N6O6. The van der Waals surface area contributed by atoms with Crippen LogP contribution in [0.25, 0.3) is 0 Å². The number of carbonyl (C=O) groups excluding carboxylic acids is 4. The zero-order valence-electron chi connectivity index (χ0n) is 16.1. The normalized spacial score (nSPS) is 13.6. The third kappa shape index (κ3) is 11.1. The summed E-state index contributed by atoms with van der Waals surface area (Å²) in [5, 5.41) is 18.3. The predicted octanol–water partition coefficient (Wildman–Crippen LogP) is -3.23. The van der Waals surface area contributed by atoms with Crippen LogP contribution in [0.4, 0.5) is 0 Å². The molecule has 12 nitrogen and oxygen atoms in total. The van der Waals surface area contributed by atoms with Crippen LogP contribution in [0.15, 0.2) is 0 Å². The van der Waals surface area contributed by atoms with Crippen LogP contribution >= 0.6 is 0 Å². The van der Waals surface area contributed by atoms with E-state index in [1.165, 1.54) is 13.8 Å². The lowest BCUT2D eigenvalue weighted by molar-refractivity contribution is -0.142. The fourth-order valence-electron chi connectivity index (χ4n) is 1.97. The van der Waals surface area contributed by atoms with Gasteiger partial charge in [-0.25, -0.2) is 4.79 Å². The van der Waals surface area contributed by atoms with Crippen LogP contribution in [-0.4, -0.2) is 72.5 Å². The molecule has 0 spiro atoms. The maximum Gasteiger partial charge on any atom is 0.326 e. The van der Waals surface area contributed by atoms with Gasteiger partial charge in [0.25, 0.3) is 0 Å². The average Bonchev–Trinajstić information content (AvgIpc) is 2.63. The Balaban J connectivity index is 4.22. The van der Waals surface area contributed by atoms with Crippen LogP contribution in [-0.2, 0) is 24.0 Å². The van der Waals surface area contributed by atoms with E-state index in [-0.39, 0.29) is 6.42 Å². The van der Waals surface area contributed by atoms with Crippen molar-refractivity contribution in [2.45, 2.75) is 51.2 Å².